The molecule has 5 nitrogen and oxygen atoms in total. The third-order valence-electron chi connectivity index (χ3n) is 3.90. The molecule has 0 amide bonds. The minimum atomic E-state index is -0.371. The monoisotopic (exact) mass is 327 g/mol. The summed E-state index contributed by atoms with van der Waals surface area (Å²) >= 11 is 0. The van der Waals surface area contributed by atoms with Crippen molar-refractivity contribution in [1.29, 1.82) is 0 Å². The van der Waals surface area contributed by atoms with Crippen molar-refractivity contribution >= 4 is 0 Å². The van der Waals surface area contributed by atoms with E-state index in [4.69, 9.17) is 9.47 Å². The van der Waals surface area contributed by atoms with Crippen LogP contribution in [0.5, 0.6) is 17.2 Å². The molecule has 0 aliphatic rings. The maximum atomic E-state index is 12.7. The molecular formula is C19H21NO4. The Morgan fingerprint density at radius 1 is 1.17 bits per heavy atom. The highest BCUT2D eigenvalue weighted by Gasteiger charge is 2.19. The molecule has 0 fully saturated rings. The van der Waals surface area contributed by atoms with Crippen LogP contribution in [0.25, 0.3) is 0 Å². The molecule has 1 heterocycles. The normalized spacial score (nSPS) is 10.0. The summed E-state index contributed by atoms with van der Waals surface area (Å²) in [7, 11) is 2.98. The molecule has 1 N–H and O–H groups in total. The van der Waals surface area contributed by atoms with Gasteiger partial charge in [-0.3, -0.25) is 4.79 Å². The Kier molecular flexibility index (Phi) is 5.54. The number of rotatable bonds is 5. The van der Waals surface area contributed by atoms with Crippen LogP contribution in [0.3, 0.4) is 0 Å². The van der Waals surface area contributed by atoms with E-state index < -0.39 is 0 Å². The zero-order valence-corrected chi connectivity index (χ0v) is 14.3. The number of hydrogen-bond donors (Lipinski definition) is 1. The summed E-state index contributed by atoms with van der Waals surface area (Å²) in [5, 5.41) is 10.2. The van der Waals surface area contributed by atoms with E-state index in [9.17, 15) is 9.90 Å². The SMILES string of the molecule is CC#CCc1c(C)c(O)c(OC)c(=O)n1Cc1ccc(OC)cc1. The van der Waals surface area contributed by atoms with Gasteiger partial charge in [0.05, 0.1) is 20.8 Å². The van der Waals surface area contributed by atoms with Gasteiger partial charge in [0.1, 0.15) is 5.75 Å². The Morgan fingerprint density at radius 3 is 2.38 bits per heavy atom. The summed E-state index contributed by atoms with van der Waals surface area (Å²) in [5.74, 6) is 6.36. The molecule has 0 unspecified atom stereocenters. The van der Waals surface area contributed by atoms with Gasteiger partial charge in [-0.25, -0.2) is 0 Å². The summed E-state index contributed by atoms with van der Waals surface area (Å²) in [6.45, 7) is 3.86. The maximum absolute atomic E-state index is 12.7. The molecule has 0 bridgehead atoms. The minimum Gasteiger partial charge on any atom is -0.504 e. The van der Waals surface area contributed by atoms with Crippen LogP contribution in [0.15, 0.2) is 29.1 Å². The number of aromatic hydroxyl groups is 1. The van der Waals surface area contributed by atoms with Gasteiger partial charge in [-0.2, -0.15) is 0 Å². The fourth-order valence-electron chi connectivity index (χ4n) is 2.52. The summed E-state index contributed by atoms with van der Waals surface area (Å²) in [6.07, 6.45) is 0.380. The largest absolute Gasteiger partial charge is 0.504 e. The molecule has 1 aromatic carbocycles. The zero-order chi connectivity index (χ0) is 17.7. The molecule has 0 aliphatic heterocycles. The fourth-order valence-corrected chi connectivity index (χ4v) is 2.52. The van der Waals surface area contributed by atoms with Gasteiger partial charge in [0.15, 0.2) is 5.75 Å². The second kappa shape index (κ2) is 7.60. The number of benzene rings is 1. The molecule has 0 spiro atoms. The van der Waals surface area contributed by atoms with Crippen LogP contribution in [0.1, 0.15) is 23.7 Å². The first-order valence-corrected chi connectivity index (χ1v) is 7.55. The molecule has 2 aromatic rings. The summed E-state index contributed by atoms with van der Waals surface area (Å²) in [5.41, 5.74) is 1.85. The lowest BCUT2D eigenvalue weighted by Crippen LogP contribution is -2.26. The molecule has 0 atom stereocenters. The molecular weight excluding hydrogens is 306 g/mol. The topological polar surface area (TPSA) is 60.7 Å². The Morgan fingerprint density at radius 2 is 1.83 bits per heavy atom. The second-order valence-corrected chi connectivity index (χ2v) is 5.30. The average molecular weight is 327 g/mol. The third kappa shape index (κ3) is 3.38. The third-order valence-corrected chi connectivity index (χ3v) is 3.90. The lowest BCUT2D eigenvalue weighted by Gasteiger charge is -2.17. The van der Waals surface area contributed by atoms with E-state index in [1.807, 2.05) is 24.3 Å². The highest BCUT2D eigenvalue weighted by atomic mass is 16.5. The number of ether oxygens (including phenoxy) is 2. The number of pyridine rings is 1. The van der Waals surface area contributed by atoms with Crippen LogP contribution in [0.4, 0.5) is 0 Å². The molecule has 0 radical (unpaired) electrons. The van der Waals surface area contributed by atoms with E-state index in [1.165, 1.54) is 7.11 Å². The van der Waals surface area contributed by atoms with Crippen molar-refractivity contribution in [2.75, 3.05) is 14.2 Å². The number of methoxy groups -OCH3 is 2. The van der Waals surface area contributed by atoms with Crippen molar-refractivity contribution in [2.45, 2.75) is 26.8 Å². The minimum absolute atomic E-state index is 0.0470. The van der Waals surface area contributed by atoms with Gasteiger partial charge in [0, 0.05) is 17.7 Å². The van der Waals surface area contributed by atoms with Crippen LogP contribution in [0.2, 0.25) is 0 Å². The quantitative estimate of drug-likeness (QED) is 0.857. The number of hydrogen-bond acceptors (Lipinski definition) is 4. The van der Waals surface area contributed by atoms with Crippen LogP contribution in [-0.2, 0) is 13.0 Å². The van der Waals surface area contributed by atoms with Gasteiger partial charge in [0.25, 0.3) is 5.56 Å². The van der Waals surface area contributed by atoms with Crippen LogP contribution in [-0.4, -0.2) is 23.9 Å². The van der Waals surface area contributed by atoms with Crippen LogP contribution in [0, 0.1) is 18.8 Å². The van der Waals surface area contributed by atoms with E-state index in [0.29, 0.717) is 24.2 Å². The Labute approximate surface area is 141 Å². The van der Waals surface area contributed by atoms with Crippen LogP contribution >= 0.6 is 0 Å². The van der Waals surface area contributed by atoms with Crippen molar-refractivity contribution in [3.63, 3.8) is 0 Å². The summed E-state index contributed by atoms with van der Waals surface area (Å²) < 4.78 is 11.8. The average Bonchev–Trinajstić information content (AvgIpc) is 2.60. The van der Waals surface area contributed by atoms with Gasteiger partial charge >= 0.3 is 0 Å². The van der Waals surface area contributed by atoms with Crippen molar-refractivity contribution in [3.05, 3.63) is 51.4 Å². The lowest BCUT2D eigenvalue weighted by atomic mass is 10.1. The second-order valence-electron chi connectivity index (χ2n) is 5.30. The fraction of sp³-hybridized carbons (Fsp3) is 0.316. The van der Waals surface area contributed by atoms with Gasteiger partial charge in [0.2, 0.25) is 5.75 Å². The first-order valence-electron chi connectivity index (χ1n) is 7.55. The van der Waals surface area contributed by atoms with E-state index in [0.717, 1.165) is 11.3 Å². The van der Waals surface area contributed by atoms with Gasteiger partial charge in [-0.1, -0.05) is 18.1 Å². The van der Waals surface area contributed by atoms with Gasteiger partial charge < -0.3 is 19.1 Å². The summed E-state index contributed by atoms with van der Waals surface area (Å²) in [6, 6.07) is 7.48. The molecule has 0 saturated carbocycles. The smallest absolute Gasteiger partial charge is 0.297 e. The molecule has 1 aromatic heterocycles. The van der Waals surface area contributed by atoms with Crippen molar-refractivity contribution in [1.82, 2.24) is 4.57 Å². The summed E-state index contributed by atoms with van der Waals surface area (Å²) in [4.78, 5) is 12.7. The Bertz CT molecular complexity index is 839. The predicted molar refractivity (Wildman–Crippen MR) is 92.9 cm³/mol. The standard InChI is InChI=1S/C19H21NO4/c1-5-6-7-16-13(2)17(21)18(24-4)19(22)20(16)12-14-8-10-15(23-3)11-9-14/h8-11,21H,7,12H2,1-4H3. The highest BCUT2D eigenvalue weighted by molar-refractivity contribution is 5.47. The number of nitrogens with zero attached hydrogens (tertiary/aromatic N) is 1. The van der Waals surface area contributed by atoms with E-state index in [1.54, 1.807) is 25.5 Å². The van der Waals surface area contributed by atoms with Crippen molar-refractivity contribution in [2.24, 2.45) is 0 Å². The van der Waals surface area contributed by atoms with Crippen molar-refractivity contribution in [3.8, 4) is 29.1 Å². The number of aromatic nitrogens is 1. The maximum Gasteiger partial charge on any atom is 0.297 e. The predicted octanol–water partition coefficient (Wildman–Crippen LogP) is 2.49. The molecule has 0 saturated heterocycles. The van der Waals surface area contributed by atoms with Crippen LogP contribution < -0.4 is 15.0 Å². The van der Waals surface area contributed by atoms with Gasteiger partial charge in [-0.05, 0) is 31.5 Å². The highest BCUT2D eigenvalue weighted by Crippen LogP contribution is 2.28. The lowest BCUT2D eigenvalue weighted by molar-refractivity contribution is 0.359. The van der Waals surface area contributed by atoms with Crippen molar-refractivity contribution < 1.29 is 14.6 Å². The molecule has 24 heavy (non-hydrogen) atoms. The van der Waals surface area contributed by atoms with E-state index in [-0.39, 0.29) is 17.1 Å². The Hall–Kier alpha value is -2.87. The zero-order valence-electron chi connectivity index (χ0n) is 14.3. The molecule has 126 valence electrons. The molecule has 0 aliphatic carbocycles. The van der Waals surface area contributed by atoms with E-state index in [2.05, 4.69) is 11.8 Å². The first-order chi connectivity index (χ1) is 11.5. The molecule has 2 rings (SSSR count). The molecule has 5 heteroatoms. The van der Waals surface area contributed by atoms with Gasteiger partial charge in [-0.15, -0.1) is 5.92 Å². The first kappa shape index (κ1) is 17.5. The van der Waals surface area contributed by atoms with E-state index >= 15 is 0 Å². The Balaban J connectivity index is 2.57.